The van der Waals surface area contributed by atoms with Crippen LogP contribution in [0, 0.1) is 11.6 Å². The van der Waals surface area contributed by atoms with Gasteiger partial charge in [0.1, 0.15) is 17.3 Å². The van der Waals surface area contributed by atoms with E-state index in [4.69, 9.17) is 24.7 Å². The number of primary amides is 1. The van der Waals surface area contributed by atoms with Crippen molar-refractivity contribution in [1.82, 2.24) is 9.97 Å². The predicted octanol–water partition coefficient (Wildman–Crippen LogP) is 4.80. The third kappa shape index (κ3) is 4.76. The van der Waals surface area contributed by atoms with Crippen molar-refractivity contribution in [2.45, 2.75) is 6.18 Å². The second-order valence-electron chi connectivity index (χ2n) is 7.85. The summed E-state index contributed by atoms with van der Waals surface area (Å²) in [7, 11) is 3.36. The van der Waals surface area contributed by atoms with Gasteiger partial charge in [-0.25, -0.2) is 8.78 Å². The molecule has 0 atom stereocenters. The maximum absolute atomic E-state index is 14.8. The maximum Gasteiger partial charge on any atom is 0.419 e. The van der Waals surface area contributed by atoms with E-state index in [2.05, 4.69) is 9.97 Å². The van der Waals surface area contributed by atoms with E-state index in [0.717, 1.165) is 39.7 Å². The summed E-state index contributed by atoms with van der Waals surface area (Å²) in [5.74, 6) is -5.70. The summed E-state index contributed by atoms with van der Waals surface area (Å²) in [6.45, 7) is 0. The Morgan fingerprint density at radius 3 is 2.18 bits per heavy atom. The zero-order chi connectivity index (χ0) is 28.6. The molecule has 0 aliphatic carbocycles. The highest BCUT2D eigenvalue weighted by molar-refractivity contribution is 6.04. The number of alkyl halides is 3. The Kier molecular flexibility index (Phi) is 7.05. The Morgan fingerprint density at radius 1 is 0.923 bits per heavy atom. The van der Waals surface area contributed by atoms with Crippen molar-refractivity contribution < 1.29 is 45.7 Å². The third-order valence-corrected chi connectivity index (χ3v) is 5.61. The van der Waals surface area contributed by atoms with Crippen LogP contribution >= 0.6 is 0 Å². The van der Waals surface area contributed by atoms with Crippen LogP contribution in [0.2, 0.25) is 0 Å². The lowest BCUT2D eigenvalue weighted by Gasteiger charge is -2.19. The molecule has 0 fully saturated rings. The SMILES string of the molecule is COc1c(F)ccc(Oc2cc(C(F)(F)F)c(F)cc2-c2[nH]c3ccnc(C(N)=O)c3c(=O)c2OC)c1OC. The van der Waals surface area contributed by atoms with Crippen molar-refractivity contribution in [2.75, 3.05) is 21.3 Å². The minimum Gasteiger partial charge on any atom is -0.491 e. The standard InChI is InChI=1S/C25H18F5N3O6/c1-36-21-12(26)4-5-15(22(21)37-2)39-16-9-11(25(28,29)30)13(27)8-10(16)18-23(38-3)20(34)17-14(33-18)6-7-32-19(17)24(31)35/h4-9H,1-3H3,(H2,31,35)(H,33,34). The molecular weight excluding hydrogens is 533 g/mol. The van der Waals surface area contributed by atoms with E-state index in [9.17, 15) is 31.5 Å². The molecule has 39 heavy (non-hydrogen) atoms. The number of H-pyrrole nitrogens is 1. The largest absolute Gasteiger partial charge is 0.491 e. The zero-order valence-corrected chi connectivity index (χ0v) is 20.3. The number of aromatic nitrogens is 2. The van der Waals surface area contributed by atoms with Gasteiger partial charge in [-0.3, -0.25) is 14.6 Å². The van der Waals surface area contributed by atoms with Gasteiger partial charge in [0.25, 0.3) is 5.91 Å². The Bertz CT molecular complexity index is 1670. The van der Waals surface area contributed by atoms with E-state index in [1.54, 1.807) is 0 Å². The molecular formula is C25H18F5N3O6. The molecule has 204 valence electrons. The Labute approximate surface area is 215 Å². The van der Waals surface area contributed by atoms with Crippen molar-refractivity contribution in [3.8, 4) is 40.0 Å². The number of nitrogens with zero attached hydrogens (tertiary/aromatic N) is 1. The number of benzene rings is 2. The first-order chi connectivity index (χ1) is 18.4. The molecule has 0 saturated carbocycles. The highest BCUT2D eigenvalue weighted by Gasteiger charge is 2.36. The van der Waals surface area contributed by atoms with Gasteiger partial charge in [-0.2, -0.15) is 13.2 Å². The first-order valence-corrected chi connectivity index (χ1v) is 10.8. The van der Waals surface area contributed by atoms with Gasteiger partial charge in [-0.05, 0) is 30.3 Å². The molecule has 3 N–H and O–H groups in total. The van der Waals surface area contributed by atoms with Gasteiger partial charge < -0.3 is 29.7 Å². The lowest BCUT2D eigenvalue weighted by Crippen LogP contribution is -2.19. The number of hydrogen-bond donors (Lipinski definition) is 2. The third-order valence-electron chi connectivity index (χ3n) is 5.61. The number of hydrogen-bond acceptors (Lipinski definition) is 7. The number of methoxy groups -OCH3 is 3. The molecule has 2 heterocycles. The molecule has 0 radical (unpaired) electrons. The average molecular weight is 551 g/mol. The number of ether oxygens (including phenoxy) is 4. The second-order valence-corrected chi connectivity index (χ2v) is 7.85. The van der Waals surface area contributed by atoms with E-state index >= 15 is 0 Å². The minimum atomic E-state index is -5.13. The molecule has 0 aliphatic heterocycles. The highest BCUT2D eigenvalue weighted by atomic mass is 19.4. The molecule has 0 unspecified atom stereocenters. The van der Waals surface area contributed by atoms with Crippen molar-refractivity contribution >= 4 is 16.8 Å². The van der Waals surface area contributed by atoms with Crippen molar-refractivity contribution in [3.63, 3.8) is 0 Å². The van der Waals surface area contributed by atoms with Gasteiger partial charge in [0.05, 0.1) is 43.5 Å². The highest BCUT2D eigenvalue weighted by Crippen LogP contribution is 2.46. The molecule has 0 saturated heterocycles. The predicted molar refractivity (Wildman–Crippen MR) is 127 cm³/mol. The molecule has 14 heteroatoms. The fraction of sp³-hybridized carbons (Fsp3) is 0.160. The number of rotatable bonds is 7. The summed E-state index contributed by atoms with van der Waals surface area (Å²) in [6.07, 6.45) is -3.97. The molecule has 0 spiro atoms. The van der Waals surface area contributed by atoms with Crippen molar-refractivity contribution in [1.29, 1.82) is 0 Å². The van der Waals surface area contributed by atoms with Crippen molar-refractivity contribution in [3.05, 3.63) is 69.6 Å². The monoisotopic (exact) mass is 551 g/mol. The van der Waals surface area contributed by atoms with Crippen molar-refractivity contribution in [2.24, 2.45) is 5.73 Å². The first-order valence-electron chi connectivity index (χ1n) is 10.8. The Hall–Kier alpha value is -4.88. The first kappa shape index (κ1) is 27.2. The van der Waals surface area contributed by atoms with Gasteiger partial charge in [0.15, 0.2) is 17.3 Å². The molecule has 0 aliphatic rings. The van der Waals surface area contributed by atoms with Crippen LogP contribution in [-0.2, 0) is 6.18 Å². The summed E-state index contributed by atoms with van der Waals surface area (Å²) >= 11 is 0. The van der Waals surface area contributed by atoms with Crippen LogP contribution in [0.15, 0.2) is 41.3 Å². The average Bonchev–Trinajstić information content (AvgIpc) is 2.88. The number of aromatic amines is 1. The van der Waals surface area contributed by atoms with Crippen LogP contribution in [0.25, 0.3) is 22.2 Å². The summed E-state index contributed by atoms with van der Waals surface area (Å²) in [6, 6.07) is 4.12. The number of halogens is 5. The van der Waals surface area contributed by atoms with Crippen LogP contribution in [-0.4, -0.2) is 37.2 Å². The topological polar surface area (TPSA) is 126 Å². The lowest BCUT2D eigenvalue weighted by atomic mass is 10.0. The summed E-state index contributed by atoms with van der Waals surface area (Å²) < 4.78 is 90.9. The minimum absolute atomic E-state index is 0.00751. The fourth-order valence-electron chi connectivity index (χ4n) is 3.94. The number of fused-ring (bicyclic) bond motifs is 1. The quantitative estimate of drug-likeness (QED) is 0.316. The molecule has 9 nitrogen and oxygen atoms in total. The van der Waals surface area contributed by atoms with Crippen LogP contribution < -0.4 is 30.1 Å². The zero-order valence-electron chi connectivity index (χ0n) is 20.3. The molecule has 4 rings (SSSR count). The van der Waals surface area contributed by atoms with E-state index in [-0.39, 0.29) is 33.7 Å². The molecule has 1 amide bonds. The van der Waals surface area contributed by atoms with E-state index in [1.807, 2.05) is 0 Å². The van der Waals surface area contributed by atoms with Gasteiger partial charge >= 0.3 is 6.18 Å². The molecule has 2 aromatic carbocycles. The normalized spacial score (nSPS) is 11.4. The second kappa shape index (κ2) is 10.1. The van der Waals surface area contributed by atoms with Crippen LogP contribution in [0.1, 0.15) is 16.1 Å². The Morgan fingerprint density at radius 2 is 1.59 bits per heavy atom. The number of nitrogens with two attached hydrogens (primary N) is 1. The summed E-state index contributed by atoms with van der Waals surface area (Å²) in [4.78, 5) is 31.7. The van der Waals surface area contributed by atoms with Crippen LogP contribution in [0.3, 0.4) is 0 Å². The van der Waals surface area contributed by atoms with Gasteiger partial charge in [-0.1, -0.05) is 0 Å². The summed E-state index contributed by atoms with van der Waals surface area (Å²) in [5, 5.41) is -0.259. The smallest absolute Gasteiger partial charge is 0.419 e. The number of pyridine rings is 2. The summed E-state index contributed by atoms with van der Waals surface area (Å²) in [5.41, 5.74) is 1.64. The van der Waals surface area contributed by atoms with Crippen LogP contribution in [0.4, 0.5) is 22.0 Å². The van der Waals surface area contributed by atoms with Gasteiger partial charge in [0.2, 0.25) is 16.9 Å². The lowest BCUT2D eigenvalue weighted by molar-refractivity contribution is -0.140. The van der Waals surface area contributed by atoms with Crippen LogP contribution in [0.5, 0.6) is 28.7 Å². The number of amides is 1. The Balaban J connectivity index is 2.07. The fourth-order valence-corrected chi connectivity index (χ4v) is 3.94. The number of carbonyl (C=O) groups excluding carboxylic acids is 1. The van der Waals surface area contributed by atoms with E-state index in [0.29, 0.717) is 12.1 Å². The van der Waals surface area contributed by atoms with Gasteiger partial charge in [-0.15, -0.1) is 0 Å². The molecule has 4 aromatic rings. The van der Waals surface area contributed by atoms with E-state index < -0.39 is 57.7 Å². The maximum atomic E-state index is 14.8. The molecule has 0 bridgehead atoms. The van der Waals surface area contributed by atoms with E-state index in [1.165, 1.54) is 6.07 Å². The van der Waals surface area contributed by atoms with Gasteiger partial charge in [0, 0.05) is 11.8 Å². The number of nitrogens with one attached hydrogen (secondary N) is 1. The molecule has 2 aromatic heterocycles. The number of carbonyl (C=O) groups is 1.